The number of nitrogens with one attached hydrogen (secondary N) is 3. The Kier molecular flexibility index (Phi) is 6.31. The molecule has 0 saturated carbocycles. The molecule has 6 heteroatoms. The number of aryl methyl sites for hydroxylation is 1. The maximum absolute atomic E-state index is 13.3. The first-order chi connectivity index (χ1) is 16.1. The molecule has 0 aliphatic carbocycles. The van der Waals surface area contributed by atoms with Gasteiger partial charge in [-0.05, 0) is 89.3 Å². The van der Waals surface area contributed by atoms with Crippen LogP contribution in [0.25, 0.3) is 20.9 Å². The summed E-state index contributed by atoms with van der Waals surface area (Å²) in [4.78, 5) is 15.7. The van der Waals surface area contributed by atoms with Gasteiger partial charge in [0, 0.05) is 34.1 Å². The zero-order chi connectivity index (χ0) is 22.8. The number of rotatable bonds is 7. The molecule has 33 heavy (non-hydrogen) atoms. The molecule has 1 fully saturated rings. The number of hydrogen-bond acceptors (Lipinski definition) is 5. The van der Waals surface area contributed by atoms with E-state index >= 15 is 0 Å². The van der Waals surface area contributed by atoms with E-state index in [2.05, 4.69) is 76.1 Å². The maximum Gasteiger partial charge on any atom is 0.252 e. The number of carbonyl (C=O) groups excluding carboxylic acids is 1. The van der Waals surface area contributed by atoms with Crippen molar-refractivity contribution in [3.63, 3.8) is 0 Å². The van der Waals surface area contributed by atoms with E-state index in [9.17, 15) is 4.79 Å². The van der Waals surface area contributed by atoms with E-state index in [1.807, 2.05) is 25.1 Å². The highest BCUT2D eigenvalue weighted by molar-refractivity contribution is 7.14. The molecule has 0 radical (unpaired) electrons. The highest BCUT2D eigenvalue weighted by atomic mass is 32.1. The number of hydrogen-bond donors (Lipinski definition) is 3. The van der Waals surface area contributed by atoms with Gasteiger partial charge in [-0.1, -0.05) is 18.2 Å². The highest BCUT2D eigenvalue weighted by Gasteiger charge is 2.19. The quantitative estimate of drug-likeness (QED) is 0.294. The van der Waals surface area contributed by atoms with Crippen molar-refractivity contribution in [1.82, 2.24) is 10.6 Å². The van der Waals surface area contributed by atoms with E-state index in [-0.39, 0.29) is 11.9 Å². The lowest BCUT2D eigenvalue weighted by Gasteiger charge is -2.29. The predicted molar refractivity (Wildman–Crippen MR) is 140 cm³/mol. The topological polar surface area (TPSA) is 53.2 Å². The minimum Gasteiger partial charge on any atom is -0.380 e. The molecule has 3 heterocycles. The number of benzene rings is 2. The van der Waals surface area contributed by atoms with Gasteiger partial charge in [0.1, 0.15) is 0 Å². The minimum atomic E-state index is -0.122. The van der Waals surface area contributed by atoms with Crippen molar-refractivity contribution < 1.29 is 4.79 Å². The molecule has 5 rings (SSSR count). The average Bonchev–Trinajstić information content (AvgIpc) is 3.51. The summed E-state index contributed by atoms with van der Waals surface area (Å²) in [6, 6.07) is 21.4. The van der Waals surface area contributed by atoms with Gasteiger partial charge in [0.15, 0.2) is 0 Å². The van der Waals surface area contributed by atoms with Gasteiger partial charge in [-0.3, -0.25) is 4.79 Å². The lowest BCUT2D eigenvalue weighted by molar-refractivity contribution is 0.0939. The second-order valence-corrected chi connectivity index (χ2v) is 10.4. The third-order valence-electron chi connectivity index (χ3n) is 6.05. The molecule has 0 bridgehead atoms. The minimum absolute atomic E-state index is 0.0467. The van der Waals surface area contributed by atoms with Gasteiger partial charge in [0.2, 0.25) is 0 Å². The Morgan fingerprint density at radius 3 is 2.18 bits per heavy atom. The van der Waals surface area contributed by atoms with Crippen LogP contribution in [0.1, 0.15) is 34.5 Å². The van der Waals surface area contributed by atoms with E-state index < -0.39 is 0 Å². The Bertz CT molecular complexity index is 1190. The number of amides is 1. The molecule has 1 saturated heterocycles. The first-order valence-electron chi connectivity index (χ1n) is 11.2. The monoisotopic (exact) mass is 473 g/mol. The van der Waals surface area contributed by atoms with Crippen molar-refractivity contribution in [2.45, 2.75) is 25.9 Å². The zero-order valence-corrected chi connectivity index (χ0v) is 20.4. The van der Waals surface area contributed by atoms with Crippen LogP contribution in [0.5, 0.6) is 0 Å². The number of thiophene rings is 2. The van der Waals surface area contributed by atoms with Crippen LogP contribution in [0.4, 0.5) is 5.69 Å². The second-order valence-electron chi connectivity index (χ2n) is 8.52. The highest BCUT2D eigenvalue weighted by Crippen LogP contribution is 2.34. The van der Waals surface area contributed by atoms with Crippen molar-refractivity contribution in [3.8, 4) is 20.9 Å². The van der Waals surface area contributed by atoms with Crippen LogP contribution in [0.2, 0.25) is 0 Å². The summed E-state index contributed by atoms with van der Waals surface area (Å²) >= 11 is 3.47. The molecule has 1 amide bonds. The van der Waals surface area contributed by atoms with Crippen LogP contribution >= 0.6 is 22.7 Å². The van der Waals surface area contributed by atoms with Crippen LogP contribution in [-0.2, 0) is 0 Å². The molecule has 1 aliphatic rings. The lowest BCUT2D eigenvalue weighted by Crippen LogP contribution is -2.51. The van der Waals surface area contributed by atoms with Crippen molar-refractivity contribution in [1.29, 1.82) is 0 Å². The summed E-state index contributed by atoms with van der Waals surface area (Å²) < 4.78 is 0. The largest absolute Gasteiger partial charge is 0.380 e. The smallest absolute Gasteiger partial charge is 0.252 e. The van der Waals surface area contributed by atoms with Gasteiger partial charge < -0.3 is 16.0 Å². The Morgan fingerprint density at radius 1 is 0.970 bits per heavy atom. The van der Waals surface area contributed by atoms with Gasteiger partial charge in [0.05, 0.1) is 12.1 Å². The molecule has 4 aromatic rings. The Hall–Kier alpha value is -2.93. The fourth-order valence-electron chi connectivity index (χ4n) is 4.01. The molecule has 2 aromatic carbocycles. The molecular formula is C27H27N3OS2. The fourth-order valence-corrected chi connectivity index (χ4v) is 5.44. The van der Waals surface area contributed by atoms with Crippen LogP contribution in [0.15, 0.2) is 71.4 Å². The molecule has 0 spiro atoms. The molecule has 3 N–H and O–H groups in total. The van der Waals surface area contributed by atoms with E-state index in [0.29, 0.717) is 11.6 Å². The average molecular weight is 474 g/mol. The van der Waals surface area contributed by atoms with Crippen LogP contribution < -0.4 is 16.0 Å². The normalized spacial score (nSPS) is 14.5. The SMILES string of the molecule is Cc1ccc(NC2CNC2)cc1C(=O)N[C@H](C)c1cc(-c2cccs2)cc(-c2cccs2)c1. The summed E-state index contributed by atoms with van der Waals surface area (Å²) in [5.41, 5.74) is 6.15. The van der Waals surface area contributed by atoms with Crippen LogP contribution in [-0.4, -0.2) is 25.0 Å². The van der Waals surface area contributed by atoms with Crippen LogP contribution in [0.3, 0.4) is 0 Å². The molecule has 1 atom stereocenters. The predicted octanol–water partition coefficient (Wildman–Crippen LogP) is 6.33. The third kappa shape index (κ3) is 4.88. The van der Waals surface area contributed by atoms with Crippen LogP contribution in [0, 0.1) is 6.92 Å². The summed E-state index contributed by atoms with van der Waals surface area (Å²) in [5, 5.41) is 14.2. The van der Waals surface area contributed by atoms with Gasteiger partial charge in [0.25, 0.3) is 5.91 Å². The maximum atomic E-state index is 13.3. The molecule has 1 aliphatic heterocycles. The zero-order valence-electron chi connectivity index (χ0n) is 18.7. The summed E-state index contributed by atoms with van der Waals surface area (Å²) in [7, 11) is 0. The summed E-state index contributed by atoms with van der Waals surface area (Å²) in [5.74, 6) is -0.0467. The van der Waals surface area contributed by atoms with Crippen molar-refractivity contribution >= 4 is 34.3 Å². The van der Waals surface area contributed by atoms with E-state index in [1.165, 1.54) is 20.9 Å². The van der Waals surface area contributed by atoms with Crippen molar-refractivity contribution in [2.24, 2.45) is 0 Å². The van der Waals surface area contributed by atoms with Gasteiger partial charge in [-0.15, -0.1) is 22.7 Å². The lowest BCUT2D eigenvalue weighted by atomic mass is 9.98. The van der Waals surface area contributed by atoms with Crippen molar-refractivity contribution in [2.75, 3.05) is 18.4 Å². The van der Waals surface area contributed by atoms with Crippen molar-refractivity contribution in [3.05, 3.63) is 88.1 Å². The molecule has 2 aromatic heterocycles. The summed E-state index contributed by atoms with van der Waals surface area (Å²) in [6.07, 6.45) is 0. The Morgan fingerprint density at radius 2 is 1.64 bits per heavy atom. The van der Waals surface area contributed by atoms with E-state index in [4.69, 9.17) is 0 Å². The molecule has 4 nitrogen and oxygen atoms in total. The summed E-state index contributed by atoms with van der Waals surface area (Å²) in [6.45, 7) is 5.96. The van der Waals surface area contributed by atoms with Gasteiger partial charge in [-0.25, -0.2) is 0 Å². The van der Waals surface area contributed by atoms with E-state index in [1.54, 1.807) is 22.7 Å². The molecular weight excluding hydrogens is 446 g/mol. The number of anilines is 1. The number of carbonyl (C=O) groups is 1. The molecule has 168 valence electrons. The second kappa shape index (κ2) is 9.51. The Labute approximate surface area is 202 Å². The Balaban J connectivity index is 1.41. The van der Waals surface area contributed by atoms with E-state index in [0.717, 1.165) is 29.9 Å². The van der Waals surface area contributed by atoms with Gasteiger partial charge >= 0.3 is 0 Å². The standard InChI is InChI=1S/C27H27N3OS2/c1-17-7-8-22(30-23-15-28-16-23)14-24(17)27(31)29-18(2)19-11-20(25-5-3-9-32-25)13-21(12-19)26-6-4-10-33-26/h3-14,18,23,28,30H,15-16H2,1-2H3,(H,29,31)/t18-/m1/s1. The third-order valence-corrected chi connectivity index (χ3v) is 7.89. The van der Waals surface area contributed by atoms with Gasteiger partial charge in [-0.2, -0.15) is 0 Å². The first kappa shape index (κ1) is 21.9. The fraction of sp³-hybridized carbons (Fsp3) is 0.222. The first-order valence-corrected chi connectivity index (χ1v) is 12.9. The molecule has 0 unspecified atom stereocenters.